The molecule has 0 saturated heterocycles. The Labute approximate surface area is 386 Å². The third-order valence-corrected chi connectivity index (χ3v) is 15.3. The number of hydrogen-bond acceptors (Lipinski definition) is 1. The lowest BCUT2D eigenvalue weighted by molar-refractivity contribution is 0.591. The zero-order valence-electron chi connectivity index (χ0n) is 38.5. The fraction of sp³-hybridized carbons (Fsp3) is 0.127. The van der Waals surface area contributed by atoms with Crippen LogP contribution in [-0.2, 0) is 10.8 Å². The number of hydrogen-bond donors (Lipinski definition) is 0. The summed E-state index contributed by atoms with van der Waals surface area (Å²) in [6.45, 7) is 14.1. The highest BCUT2D eigenvalue weighted by Crippen LogP contribution is 2.51. The monoisotopic (exact) mass is 858 g/mol. The van der Waals surface area contributed by atoms with Crippen LogP contribution in [-0.4, -0.2) is 18.4 Å². The summed E-state index contributed by atoms with van der Waals surface area (Å²) < 4.78 is 7.48. The molecule has 0 unspecified atom stereocenters. The lowest BCUT2D eigenvalue weighted by Gasteiger charge is -2.20. The summed E-state index contributed by atoms with van der Waals surface area (Å²) in [5.74, 6) is 0. The van der Waals surface area contributed by atoms with Crippen molar-refractivity contribution in [2.75, 3.05) is 0 Å². The van der Waals surface area contributed by atoms with E-state index in [-0.39, 0.29) is 10.8 Å². The fourth-order valence-corrected chi connectivity index (χ4v) is 12.1. The zero-order valence-corrected chi connectivity index (χ0v) is 38.5. The number of nitrogens with zero attached hydrogens (tertiary/aromatic N) is 4. The maximum Gasteiger partial charge on any atom is 0.146 e. The maximum atomic E-state index is 5.60. The molecule has 0 N–H and O–H groups in total. The first kappa shape index (κ1) is 37.3. The molecule has 0 saturated carbocycles. The SMILES string of the molecule is CC(C)(C)c1cc2c3cc4ccccc4cc3n3c4ncc5c(c6cc(C(C)(C)C)cc7c8cc9ccccc9c(-c9ccc%10c(c9)c9ccccc9n%10-c9ccccc9)c8n5c76)c4c(c1)c23. The number of para-hydroxylation sites is 2. The summed E-state index contributed by atoms with van der Waals surface area (Å²) in [4.78, 5) is 5.60. The van der Waals surface area contributed by atoms with Gasteiger partial charge in [0.15, 0.2) is 0 Å². The van der Waals surface area contributed by atoms with Crippen LogP contribution in [0.25, 0.3) is 136 Å². The predicted octanol–water partition coefficient (Wildman–Crippen LogP) is 17.0. The summed E-state index contributed by atoms with van der Waals surface area (Å²) in [7, 11) is 0. The van der Waals surface area contributed by atoms with E-state index >= 15 is 0 Å². The highest BCUT2D eigenvalue weighted by Gasteiger charge is 2.30. The zero-order chi connectivity index (χ0) is 44.8. The largest absolute Gasteiger partial charge is 0.309 e. The molecule has 0 fully saturated rings. The Balaban J connectivity index is 1.14. The fourth-order valence-electron chi connectivity index (χ4n) is 12.1. The Morgan fingerprint density at radius 2 is 0.925 bits per heavy atom. The maximum absolute atomic E-state index is 5.60. The summed E-state index contributed by atoms with van der Waals surface area (Å²) >= 11 is 0. The van der Waals surface area contributed by atoms with Gasteiger partial charge in [-0.1, -0.05) is 133 Å². The number of aromatic nitrogens is 4. The van der Waals surface area contributed by atoms with E-state index in [1.807, 2.05) is 0 Å². The number of rotatable bonds is 2. The summed E-state index contributed by atoms with van der Waals surface area (Å²) in [5.41, 5.74) is 15.7. The third kappa shape index (κ3) is 4.79. The van der Waals surface area contributed by atoms with Crippen molar-refractivity contribution in [2.45, 2.75) is 52.4 Å². The van der Waals surface area contributed by atoms with Crippen molar-refractivity contribution in [3.63, 3.8) is 0 Å². The summed E-state index contributed by atoms with van der Waals surface area (Å²) in [6, 6.07) is 61.7. The molecule has 0 aliphatic carbocycles. The van der Waals surface area contributed by atoms with Crippen LogP contribution in [0.4, 0.5) is 0 Å². The predicted molar refractivity (Wildman–Crippen MR) is 286 cm³/mol. The van der Waals surface area contributed by atoms with Gasteiger partial charge in [-0.15, -0.1) is 0 Å². The van der Waals surface area contributed by atoms with Gasteiger partial charge in [0.05, 0.1) is 44.8 Å². The second kappa shape index (κ2) is 12.5. The van der Waals surface area contributed by atoms with Crippen LogP contribution < -0.4 is 0 Å². The van der Waals surface area contributed by atoms with Crippen LogP contribution in [0.5, 0.6) is 0 Å². The molecular formula is C63H46N4. The Hall–Kier alpha value is -7.95. The minimum Gasteiger partial charge on any atom is -0.309 e. The first-order valence-electron chi connectivity index (χ1n) is 23.7. The highest BCUT2D eigenvalue weighted by atomic mass is 15.0. The number of fused-ring (bicyclic) bond motifs is 18. The van der Waals surface area contributed by atoms with Crippen LogP contribution in [0.1, 0.15) is 52.7 Å². The van der Waals surface area contributed by atoms with Gasteiger partial charge in [0.1, 0.15) is 5.65 Å². The van der Waals surface area contributed by atoms with Crippen LogP contribution in [0.3, 0.4) is 0 Å². The molecule has 15 rings (SSSR count). The van der Waals surface area contributed by atoms with Gasteiger partial charge in [-0.2, -0.15) is 0 Å². The van der Waals surface area contributed by atoms with Gasteiger partial charge in [-0.05, 0) is 122 Å². The average molecular weight is 859 g/mol. The van der Waals surface area contributed by atoms with Gasteiger partial charge in [-0.3, -0.25) is 4.40 Å². The molecule has 6 heterocycles. The minimum absolute atomic E-state index is 0.0601. The molecule has 0 aliphatic rings. The average Bonchev–Trinajstić information content (AvgIpc) is 4.12. The molecule has 0 amide bonds. The highest BCUT2D eigenvalue weighted by molar-refractivity contribution is 6.36. The molecule has 0 atom stereocenters. The van der Waals surface area contributed by atoms with Crippen molar-refractivity contribution in [1.29, 1.82) is 0 Å². The van der Waals surface area contributed by atoms with Crippen molar-refractivity contribution in [2.24, 2.45) is 0 Å². The van der Waals surface area contributed by atoms with E-state index in [2.05, 4.69) is 225 Å². The number of pyridine rings is 1. The quantitative estimate of drug-likeness (QED) is 0.170. The molecular weight excluding hydrogens is 813 g/mol. The van der Waals surface area contributed by atoms with Crippen molar-refractivity contribution in [3.05, 3.63) is 181 Å². The smallest absolute Gasteiger partial charge is 0.146 e. The van der Waals surface area contributed by atoms with Crippen molar-refractivity contribution < 1.29 is 0 Å². The van der Waals surface area contributed by atoms with Crippen LogP contribution in [0.15, 0.2) is 170 Å². The molecule has 9 aromatic carbocycles. The van der Waals surface area contributed by atoms with E-state index in [1.54, 1.807) is 0 Å². The van der Waals surface area contributed by atoms with Crippen molar-refractivity contribution >= 4 is 120 Å². The normalized spacial score (nSPS) is 13.2. The van der Waals surface area contributed by atoms with Gasteiger partial charge >= 0.3 is 0 Å². The van der Waals surface area contributed by atoms with E-state index in [0.717, 1.165) is 16.9 Å². The molecule has 4 nitrogen and oxygen atoms in total. The second-order valence-electron chi connectivity index (χ2n) is 21.2. The van der Waals surface area contributed by atoms with Crippen molar-refractivity contribution in [1.82, 2.24) is 18.4 Å². The molecule has 67 heavy (non-hydrogen) atoms. The van der Waals surface area contributed by atoms with Crippen LogP contribution >= 0.6 is 0 Å². The molecule has 0 spiro atoms. The Morgan fingerprint density at radius 3 is 1.67 bits per heavy atom. The summed E-state index contributed by atoms with van der Waals surface area (Å²) in [6.07, 6.45) is 2.19. The van der Waals surface area contributed by atoms with Gasteiger partial charge < -0.3 is 8.97 Å². The van der Waals surface area contributed by atoms with E-state index in [0.29, 0.717) is 0 Å². The van der Waals surface area contributed by atoms with Crippen LogP contribution in [0, 0.1) is 0 Å². The molecule has 0 bridgehead atoms. The van der Waals surface area contributed by atoms with Crippen molar-refractivity contribution in [3.8, 4) is 16.8 Å². The molecule has 0 radical (unpaired) electrons. The van der Waals surface area contributed by atoms with Gasteiger partial charge in [0.2, 0.25) is 0 Å². The standard InChI is InChI=1S/C63H46N4/c1-62(2,3)39-30-47-45-26-35-16-10-11-17-36(35)29-53(45)67-59(47)50(33-39)57-56-49-32-40(63(4,5)6)31-48-46-27-37-18-12-13-21-42(37)55(60(46)66(58(48)49)54(56)34-64-61(57)67)38-24-25-52-44(28-38)43-22-14-15-23-51(43)65(52)41-19-8-7-9-20-41/h7-34H,1-6H3. The topological polar surface area (TPSA) is 26.6 Å². The lowest BCUT2D eigenvalue weighted by Crippen LogP contribution is -2.10. The lowest BCUT2D eigenvalue weighted by atomic mass is 9.84. The van der Waals surface area contributed by atoms with Gasteiger partial charge in [-0.25, -0.2) is 4.98 Å². The molecule has 4 heteroatoms. The van der Waals surface area contributed by atoms with Gasteiger partial charge in [0, 0.05) is 65.1 Å². The van der Waals surface area contributed by atoms with E-state index in [9.17, 15) is 0 Å². The third-order valence-electron chi connectivity index (χ3n) is 15.3. The molecule has 0 aliphatic heterocycles. The first-order chi connectivity index (χ1) is 32.5. The Kier molecular flexibility index (Phi) is 6.94. The second-order valence-corrected chi connectivity index (χ2v) is 21.2. The van der Waals surface area contributed by atoms with Gasteiger partial charge in [0.25, 0.3) is 0 Å². The molecule has 318 valence electrons. The van der Waals surface area contributed by atoms with E-state index < -0.39 is 0 Å². The first-order valence-corrected chi connectivity index (χ1v) is 23.7. The summed E-state index contributed by atoms with van der Waals surface area (Å²) in [5, 5.41) is 17.7. The number of benzene rings is 9. The minimum atomic E-state index is -0.0856. The van der Waals surface area contributed by atoms with E-state index in [1.165, 1.54) is 131 Å². The van der Waals surface area contributed by atoms with E-state index in [4.69, 9.17) is 4.98 Å². The molecule has 15 aromatic rings. The Bertz CT molecular complexity index is 4620. The molecule has 6 aromatic heterocycles. The Morgan fingerprint density at radius 1 is 0.373 bits per heavy atom. The van der Waals surface area contributed by atoms with Crippen LogP contribution in [0.2, 0.25) is 0 Å².